The Labute approximate surface area is 93.8 Å². The molecule has 3 heterocycles. The lowest BCUT2D eigenvalue weighted by Gasteiger charge is -2.18. The number of hydrogen-bond donors (Lipinski definition) is 1. The third kappa shape index (κ3) is 1.82. The van der Waals surface area contributed by atoms with Gasteiger partial charge in [-0.1, -0.05) is 0 Å². The molecule has 2 unspecified atom stereocenters. The van der Waals surface area contributed by atoms with Gasteiger partial charge < -0.3 is 14.6 Å². The molecule has 1 amide bonds. The molecule has 0 saturated carbocycles. The minimum absolute atomic E-state index is 0.0463. The van der Waals surface area contributed by atoms with Gasteiger partial charge in [0.15, 0.2) is 6.23 Å². The number of fused-ring (bicyclic) bond motifs is 1. The molecule has 0 radical (unpaired) electrons. The first-order valence-electron chi connectivity index (χ1n) is 5.78. The van der Waals surface area contributed by atoms with E-state index in [0.29, 0.717) is 19.1 Å². The van der Waals surface area contributed by atoms with Crippen LogP contribution < -0.4 is 0 Å². The van der Waals surface area contributed by atoms with E-state index in [0.717, 1.165) is 25.1 Å². The Morgan fingerprint density at radius 2 is 2.56 bits per heavy atom. The van der Waals surface area contributed by atoms with E-state index in [1.54, 1.807) is 12.4 Å². The maximum absolute atomic E-state index is 11.8. The first-order valence-corrected chi connectivity index (χ1v) is 5.78. The standard InChI is InChI=1S/C11H15N3O2/c15-10-3-1-2-8-11(16-8)14(10)7-4-9-12-5-6-13-9/h5-6,8,11H,1-4,7H2,(H,12,13). The van der Waals surface area contributed by atoms with Gasteiger partial charge in [-0.25, -0.2) is 4.98 Å². The summed E-state index contributed by atoms with van der Waals surface area (Å²) in [5.41, 5.74) is 0. The molecule has 1 aromatic rings. The zero-order valence-electron chi connectivity index (χ0n) is 9.06. The van der Waals surface area contributed by atoms with Crippen LogP contribution in [0.15, 0.2) is 12.4 Å². The summed E-state index contributed by atoms with van der Waals surface area (Å²) in [6.45, 7) is 0.702. The zero-order valence-corrected chi connectivity index (χ0v) is 9.06. The number of aromatic amines is 1. The van der Waals surface area contributed by atoms with E-state index in [1.807, 2.05) is 4.90 Å². The van der Waals surface area contributed by atoms with Crippen molar-refractivity contribution in [2.45, 2.75) is 38.0 Å². The van der Waals surface area contributed by atoms with Gasteiger partial charge in [-0.15, -0.1) is 0 Å². The fourth-order valence-electron chi connectivity index (χ4n) is 2.27. The molecule has 86 valence electrons. The number of likely N-dealkylation sites (tertiary alicyclic amines) is 1. The second-order valence-electron chi connectivity index (χ2n) is 4.33. The number of carbonyl (C=O) groups is 1. The first-order chi connectivity index (χ1) is 7.84. The number of nitrogens with zero attached hydrogens (tertiary/aromatic N) is 2. The van der Waals surface area contributed by atoms with Crippen LogP contribution in [0.2, 0.25) is 0 Å². The van der Waals surface area contributed by atoms with Gasteiger partial charge in [-0.3, -0.25) is 4.79 Å². The maximum atomic E-state index is 11.8. The molecule has 0 bridgehead atoms. The topological polar surface area (TPSA) is 61.5 Å². The summed E-state index contributed by atoms with van der Waals surface area (Å²) in [5.74, 6) is 1.14. The van der Waals surface area contributed by atoms with Crippen molar-refractivity contribution >= 4 is 5.91 Å². The van der Waals surface area contributed by atoms with Crippen LogP contribution in [0.3, 0.4) is 0 Å². The predicted octanol–water partition coefficient (Wildman–Crippen LogP) is 0.690. The smallest absolute Gasteiger partial charge is 0.224 e. The molecule has 2 saturated heterocycles. The third-order valence-corrected chi connectivity index (χ3v) is 3.21. The molecule has 5 heteroatoms. The van der Waals surface area contributed by atoms with Gasteiger partial charge in [0.2, 0.25) is 5.91 Å². The van der Waals surface area contributed by atoms with E-state index >= 15 is 0 Å². The lowest BCUT2D eigenvalue weighted by atomic mass is 10.2. The molecule has 0 aromatic carbocycles. The average Bonchev–Trinajstić information content (AvgIpc) is 2.86. The van der Waals surface area contributed by atoms with Crippen LogP contribution in [-0.4, -0.2) is 39.7 Å². The SMILES string of the molecule is O=C1CCCC2OC2N1CCc1ncc[nH]1. The summed E-state index contributed by atoms with van der Waals surface area (Å²) in [4.78, 5) is 20.9. The van der Waals surface area contributed by atoms with Crippen LogP contribution in [0.25, 0.3) is 0 Å². The second-order valence-corrected chi connectivity index (χ2v) is 4.33. The summed E-state index contributed by atoms with van der Waals surface area (Å²) in [5, 5.41) is 0. The Kier molecular flexibility index (Phi) is 2.40. The first kappa shape index (κ1) is 9.84. The Morgan fingerprint density at radius 3 is 3.38 bits per heavy atom. The molecule has 2 aliphatic rings. The number of carbonyl (C=O) groups excluding carboxylic acids is 1. The highest BCUT2D eigenvalue weighted by Crippen LogP contribution is 2.33. The van der Waals surface area contributed by atoms with Crippen LogP contribution in [-0.2, 0) is 16.0 Å². The molecule has 3 rings (SSSR count). The molecule has 2 aliphatic heterocycles. The molecule has 16 heavy (non-hydrogen) atoms. The summed E-state index contributed by atoms with van der Waals surface area (Å²) < 4.78 is 5.49. The maximum Gasteiger partial charge on any atom is 0.224 e. The van der Waals surface area contributed by atoms with Gasteiger partial charge in [-0.2, -0.15) is 0 Å². The average molecular weight is 221 g/mol. The Hall–Kier alpha value is -1.36. The Morgan fingerprint density at radius 1 is 1.62 bits per heavy atom. The lowest BCUT2D eigenvalue weighted by molar-refractivity contribution is -0.133. The number of imidazole rings is 1. The molecule has 1 aromatic heterocycles. The van der Waals surface area contributed by atoms with Crippen LogP contribution in [0.4, 0.5) is 0 Å². The van der Waals surface area contributed by atoms with Gasteiger partial charge in [0, 0.05) is 31.8 Å². The van der Waals surface area contributed by atoms with Crippen molar-refractivity contribution in [3.05, 3.63) is 18.2 Å². The number of epoxide rings is 1. The normalized spacial score (nSPS) is 28.8. The third-order valence-electron chi connectivity index (χ3n) is 3.21. The second kappa shape index (κ2) is 3.90. The van der Waals surface area contributed by atoms with E-state index in [4.69, 9.17) is 4.74 Å². The number of ether oxygens (including phenoxy) is 1. The van der Waals surface area contributed by atoms with E-state index < -0.39 is 0 Å². The van der Waals surface area contributed by atoms with Crippen molar-refractivity contribution in [1.29, 1.82) is 0 Å². The molecule has 2 fully saturated rings. The van der Waals surface area contributed by atoms with E-state index in [-0.39, 0.29) is 12.1 Å². The van der Waals surface area contributed by atoms with Crippen molar-refractivity contribution in [3.63, 3.8) is 0 Å². The Bertz CT molecular complexity index is 377. The van der Waals surface area contributed by atoms with Crippen LogP contribution in [0.1, 0.15) is 25.1 Å². The number of H-pyrrole nitrogens is 1. The molecule has 0 aliphatic carbocycles. The minimum atomic E-state index is 0.0463. The monoisotopic (exact) mass is 221 g/mol. The van der Waals surface area contributed by atoms with E-state index in [2.05, 4.69) is 9.97 Å². The number of nitrogens with one attached hydrogen (secondary N) is 1. The van der Waals surface area contributed by atoms with Crippen molar-refractivity contribution in [2.24, 2.45) is 0 Å². The summed E-state index contributed by atoms with van der Waals surface area (Å²) in [7, 11) is 0. The minimum Gasteiger partial charge on any atom is -0.349 e. The fourth-order valence-corrected chi connectivity index (χ4v) is 2.27. The molecule has 2 atom stereocenters. The highest BCUT2D eigenvalue weighted by molar-refractivity contribution is 5.77. The van der Waals surface area contributed by atoms with Crippen LogP contribution in [0.5, 0.6) is 0 Å². The van der Waals surface area contributed by atoms with Gasteiger partial charge in [0.1, 0.15) is 11.9 Å². The van der Waals surface area contributed by atoms with Gasteiger partial charge in [0.05, 0.1) is 0 Å². The highest BCUT2D eigenvalue weighted by atomic mass is 16.6. The van der Waals surface area contributed by atoms with Crippen LogP contribution in [0, 0.1) is 0 Å². The number of hydrogen-bond acceptors (Lipinski definition) is 3. The van der Waals surface area contributed by atoms with Gasteiger partial charge in [0.25, 0.3) is 0 Å². The number of amides is 1. The summed E-state index contributed by atoms with van der Waals surface area (Å²) >= 11 is 0. The molecular weight excluding hydrogens is 206 g/mol. The van der Waals surface area contributed by atoms with Crippen molar-refractivity contribution in [1.82, 2.24) is 14.9 Å². The Balaban J connectivity index is 1.62. The van der Waals surface area contributed by atoms with Crippen molar-refractivity contribution < 1.29 is 9.53 Å². The molecule has 0 spiro atoms. The molecule has 1 N–H and O–H groups in total. The van der Waals surface area contributed by atoms with Crippen molar-refractivity contribution in [2.75, 3.05) is 6.54 Å². The fraction of sp³-hybridized carbons (Fsp3) is 0.636. The highest BCUT2D eigenvalue weighted by Gasteiger charge is 2.46. The largest absolute Gasteiger partial charge is 0.349 e. The molecular formula is C11H15N3O2. The quantitative estimate of drug-likeness (QED) is 0.764. The summed E-state index contributed by atoms with van der Waals surface area (Å²) in [6.07, 6.45) is 7.28. The predicted molar refractivity (Wildman–Crippen MR) is 56.5 cm³/mol. The summed E-state index contributed by atoms with van der Waals surface area (Å²) in [6, 6.07) is 0. The van der Waals surface area contributed by atoms with Gasteiger partial charge >= 0.3 is 0 Å². The van der Waals surface area contributed by atoms with Crippen LogP contribution >= 0.6 is 0 Å². The molecule has 5 nitrogen and oxygen atoms in total. The lowest BCUT2D eigenvalue weighted by Crippen LogP contribution is -2.35. The zero-order chi connectivity index (χ0) is 11.0. The van der Waals surface area contributed by atoms with E-state index in [9.17, 15) is 4.79 Å². The van der Waals surface area contributed by atoms with Crippen molar-refractivity contribution in [3.8, 4) is 0 Å². The number of rotatable bonds is 3. The van der Waals surface area contributed by atoms with E-state index in [1.165, 1.54) is 0 Å². The number of aromatic nitrogens is 2. The van der Waals surface area contributed by atoms with Gasteiger partial charge in [-0.05, 0) is 12.8 Å².